The number of aromatic nitrogens is 1. The largest absolute Gasteiger partial charge is 0.396 e. The molecule has 0 bridgehead atoms. The first-order chi connectivity index (χ1) is 8.27. The zero-order valence-electron chi connectivity index (χ0n) is 9.89. The Kier molecular flexibility index (Phi) is 5.36. The smallest absolute Gasteiger partial charge is 0.242 e. The first-order valence-corrected chi connectivity index (χ1v) is 7.46. The van der Waals surface area contributed by atoms with Gasteiger partial charge in [-0.05, 0) is 18.9 Å². The van der Waals surface area contributed by atoms with Crippen molar-refractivity contribution in [2.75, 3.05) is 6.61 Å². The van der Waals surface area contributed by atoms with E-state index in [4.69, 9.17) is 28.3 Å². The van der Waals surface area contributed by atoms with Gasteiger partial charge in [-0.2, -0.15) is 0 Å². The van der Waals surface area contributed by atoms with E-state index < -0.39 is 16.1 Å². The second-order valence-electron chi connectivity index (χ2n) is 4.01. The van der Waals surface area contributed by atoms with E-state index in [1.54, 1.807) is 13.8 Å². The molecule has 1 heterocycles. The van der Waals surface area contributed by atoms with Gasteiger partial charge in [-0.3, -0.25) is 0 Å². The van der Waals surface area contributed by atoms with Crippen LogP contribution in [0.3, 0.4) is 0 Å². The molecule has 2 atom stereocenters. The van der Waals surface area contributed by atoms with Gasteiger partial charge in [-0.25, -0.2) is 18.1 Å². The molecular weight excluding hydrogens is 299 g/mol. The summed E-state index contributed by atoms with van der Waals surface area (Å²) in [5, 5.41) is 9.09. The molecule has 2 N–H and O–H groups in total. The maximum Gasteiger partial charge on any atom is 0.242 e. The average Bonchev–Trinajstić information content (AvgIpc) is 2.30. The normalized spacial score (nSPS) is 15.4. The Balaban J connectivity index is 2.96. The number of sulfonamides is 1. The van der Waals surface area contributed by atoms with E-state index in [2.05, 4.69) is 9.71 Å². The van der Waals surface area contributed by atoms with Gasteiger partial charge in [0, 0.05) is 18.8 Å². The molecule has 0 fully saturated rings. The SMILES string of the molecule is CC(CO)C(C)NS(=O)(=O)c1cnc(Cl)c(Cl)c1. The zero-order chi connectivity index (χ0) is 13.9. The van der Waals surface area contributed by atoms with E-state index in [1.165, 1.54) is 6.07 Å². The fourth-order valence-corrected chi connectivity index (χ4v) is 2.79. The highest BCUT2D eigenvalue weighted by atomic mass is 35.5. The van der Waals surface area contributed by atoms with E-state index in [1.807, 2.05) is 0 Å². The van der Waals surface area contributed by atoms with Crippen LogP contribution in [0.25, 0.3) is 0 Å². The fraction of sp³-hybridized carbons (Fsp3) is 0.500. The zero-order valence-corrected chi connectivity index (χ0v) is 12.2. The molecule has 0 radical (unpaired) electrons. The molecule has 18 heavy (non-hydrogen) atoms. The number of nitrogens with zero attached hydrogens (tertiary/aromatic N) is 1. The Bertz CT molecular complexity index is 522. The lowest BCUT2D eigenvalue weighted by Gasteiger charge is -2.19. The molecule has 0 aromatic carbocycles. The van der Waals surface area contributed by atoms with Crippen LogP contribution in [0.1, 0.15) is 13.8 Å². The van der Waals surface area contributed by atoms with Gasteiger partial charge in [0.05, 0.1) is 5.02 Å². The molecule has 1 rings (SSSR count). The van der Waals surface area contributed by atoms with Crippen LogP contribution < -0.4 is 4.72 Å². The Hall–Kier alpha value is -0.400. The summed E-state index contributed by atoms with van der Waals surface area (Å²) >= 11 is 11.3. The van der Waals surface area contributed by atoms with Crippen molar-refractivity contribution in [2.24, 2.45) is 5.92 Å². The Morgan fingerprint density at radius 3 is 2.56 bits per heavy atom. The maximum atomic E-state index is 12.0. The summed E-state index contributed by atoms with van der Waals surface area (Å²) in [6, 6.07) is 0.824. The number of halogens is 2. The third-order valence-electron chi connectivity index (χ3n) is 2.56. The van der Waals surface area contributed by atoms with Gasteiger partial charge in [0.2, 0.25) is 10.0 Å². The minimum Gasteiger partial charge on any atom is -0.396 e. The third-order valence-corrected chi connectivity index (χ3v) is 4.78. The van der Waals surface area contributed by atoms with Crippen LogP contribution in [-0.4, -0.2) is 31.2 Å². The number of aliphatic hydroxyl groups is 1. The lowest BCUT2D eigenvalue weighted by atomic mass is 10.1. The lowest BCUT2D eigenvalue weighted by Crippen LogP contribution is -2.38. The molecule has 0 saturated carbocycles. The predicted molar refractivity (Wildman–Crippen MR) is 70.3 cm³/mol. The van der Waals surface area contributed by atoms with Crippen molar-refractivity contribution in [2.45, 2.75) is 24.8 Å². The Morgan fingerprint density at radius 1 is 1.44 bits per heavy atom. The average molecular weight is 313 g/mol. The fourth-order valence-electron chi connectivity index (χ4n) is 1.14. The highest BCUT2D eigenvalue weighted by Crippen LogP contribution is 2.22. The van der Waals surface area contributed by atoms with Crippen molar-refractivity contribution in [3.63, 3.8) is 0 Å². The number of nitrogens with one attached hydrogen (secondary N) is 1. The van der Waals surface area contributed by atoms with Gasteiger partial charge in [0.25, 0.3) is 0 Å². The molecule has 0 aliphatic rings. The van der Waals surface area contributed by atoms with Crippen LogP contribution in [0.5, 0.6) is 0 Å². The Morgan fingerprint density at radius 2 is 2.06 bits per heavy atom. The van der Waals surface area contributed by atoms with Crippen molar-refractivity contribution in [3.8, 4) is 0 Å². The van der Waals surface area contributed by atoms with E-state index in [9.17, 15) is 8.42 Å². The lowest BCUT2D eigenvalue weighted by molar-refractivity contribution is 0.216. The summed E-state index contributed by atoms with van der Waals surface area (Å²) in [5.74, 6) is -0.199. The van der Waals surface area contributed by atoms with Crippen LogP contribution >= 0.6 is 23.2 Å². The first kappa shape index (κ1) is 15.7. The van der Waals surface area contributed by atoms with Crippen molar-refractivity contribution in [1.29, 1.82) is 0 Å². The molecule has 0 amide bonds. The number of aliphatic hydroxyl groups excluding tert-OH is 1. The minimum atomic E-state index is -3.72. The molecule has 0 aliphatic carbocycles. The Labute approximate surface area is 116 Å². The van der Waals surface area contributed by atoms with Crippen LogP contribution in [0.4, 0.5) is 0 Å². The highest BCUT2D eigenvalue weighted by Gasteiger charge is 2.21. The van der Waals surface area contributed by atoms with E-state index >= 15 is 0 Å². The van der Waals surface area contributed by atoms with E-state index in [-0.39, 0.29) is 27.6 Å². The minimum absolute atomic E-state index is 0.0485. The van der Waals surface area contributed by atoms with Crippen molar-refractivity contribution in [1.82, 2.24) is 9.71 Å². The number of hydrogen-bond acceptors (Lipinski definition) is 4. The molecule has 0 saturated heterocycles. The van der Waals surface area contributed by atoms with Gasteiger partial charge in [0.15, 0.2) is 0 Å². The molecule has 5 nitrogen and oxygen atoms in total. The standard InChI is InChI=1S/C10H14Cl2N2O3S/c1-6(5-15)7(2)14-18(16,17)8-3-9(11)10(12)13-4-8/h3-4,6-7,14-15H,5H2,1-2H3. The quantitative estimate of drug-likeness (QED) is 0.811. The molecule has 0 aliphatic heterocycles. The van der Waals surface area contributed by atoms with Crippen molar-refractivity contribution < 1.29 is 13.5 Å². The van der Waals surface area contributed by atoms with E-state index in [0.717, 1.165) is 6.20 Å². The van der Waals surface area contributed by atoms with Crippen LogP contribution in [-0.2, 0) is 10.0 Å². The number of hydrogen-bond donors (Lipinski definition) is 2. The van der Waals surface area contributed by atoms with Gasteiger partial charge in [0.1, 0.15) is 10.0 Å². The summed E-state index contributed by atoms with van der Waals surface area (Å²) in [6.07, 6.45) is 1.13. The summed E-state index contributed by atoms with van der Waals surface area (Å²) in [5.41, 5.74) is 0. The second kappa shape index (κ2) is 6.16. The summed E-state index contributed by atoms with van der Waals surface area (Å²) < 4.78 is 26.4. The van der Waals surface area contributed by atoms with Crippen molar-refractivity contribution in [3.05, 3.63) is 22.4 Å². The van der Waals surface area contributed by atoms with Gasteiger partial charge < -0.3 is 5.11 Å². The topological polar surface area (TPSA) is 79.3 Å². The second-order valence-corrected chi connectivity index (χ2v) is 6.49. The number of pyridine rings is 1. The molecule has 1 aromatic heterocycles. The predicted octanol–water partition coefficient (Wildman–Crippen LogP) is 1.68. The third kappa shape index (κ3) is 3.80. The molecule has 8 heteroatoms. The summed E-state index contributed by atoms with van der Waals surface area (Å²) in [6.45, 7) is 3.30. The molecule has 2 unspecified atom stereocenters. The maximum absolute atomic E-state index is 12.0. The molecule has 102 valence electrons. The van der Waals surface area contributed by atoms with Gasteiger partial charge in [-0.1, -0.05) is 30.1 Å². The monoisotopic (exact) mass is 312 g/mol. The van der Waals surface area contributed by atoms with Crippen LogP contribution in [0, 0.1) is 5.92 Å². The molecular formula is C10H14Cl2N2O3S. The molecule has 0 spiro atoms. The summed E-state index contributed by atoms with van der Waals surface area (Å²) in [4.78, 5) is 3.62. The number of rotatable bonds is 5. The van der Waals surface area contributed by atoms with Gasteiger partial charge in [-0.15, -0.1) is 0 Å². The van der Waals surface area contributed by atoms with E-state index in [0.29, 0.717) is 0 Å². The highest BCUT2D eigenvalue weighted by molar-refractivity contribution is 7.89. The van der Waals surface area contributed by atoms with Crippen LogP contribution in [0.2, 0.25) is 10.2 Å². The molecule has 1 aromatic rings. The van der Waals surface area contributed by atoms with Crippen molar-refractivity contribution >= 4 is 33.2 Å². The first-order valence-electron chi connectivity index (χ1n) is 5.22. The van der Waals surface area contributed by atoms with Crippen LogP contribution in [0.15, 0.2) is 17.2 Å². The van der Waals surface area contributed by atoms with Gasteiger partial charge >= 0.3 is 0 Å². The summed E-state index contributed by atoms with van der Waals surface area (Å²) in [7, 11) is -3.72.